The van der Waals surface area contributed by atoms with Gasteiger partial charge in [0, 0.05) is 16.8 Å². The third-order valence-corrected chi connectivity index (χ3v) is 5.71. The lowest BCUT2D eigenvalue weighted by Gasteiger charge is -2.13. The molecule has 4 rings (SSSR count). The van der Waals surface area contributed by atoms with Crippen LogP contribution in [0, 0.1) is 6.92 Å². The van der Waals surface area contributed by atoms with Gasteiger partial charge in [0.05, 0.1) is 5.39 Å². The summed E-state index contributed by atoms with van der Waals surface area (Å²) >= 11 is 6.09. The first kappa shape index (κ1) is 23.4. The number of rotatable bonds is 7. The van der Waals surface area contributed by atoms with Gasteiger partial charge in [0.15, 0.2) is 6.61 Å². The van der Waals surface area contributed by atoms with Gasteiger partial charge in [0.2, 0.25) is 11.2 Å². The van der Waals surface area contributed by atoms with Crippen molar-refractivity contribution in [3.63, 3.8) is 0 Å². The van der Waals surface area contributed by atoms with Crippen molar-refractivity contribution in [2.75, 3.05) is 11.9 Å². The molecule has 0 aliphatic heterocycles. The van der Waals surface area contributed by atoms with Gasteiger partial charge < -0.3 is 19.2 Å². The predicted molar refractivity (Wildman–Crippen MR) is 133 cm³/mol. The summed E-state index contributed by atoms with van der Waals surface area (Å²) in [6.07, 6.45) is 1.29. The summed E-state index contributed by atoms with van der Waals surface area (Å²) in [5.74, 6) is 1.01. The van der Waals surface area contributed by atoms with Crippen molar-refractivity contribution in [1.29, 1.82) is 0 Å². The Bertz CT molecular complexity index is 1410. The van der Waals surface area contributed by atoms with Crippen LogP contribution in [0.15, 0.2) is 76.1 Å². The van der Waals surface area contributed by atoms with Crippen LogP contribution in [0.2, 0.25) is 5.02 Å². The smallest absolute Gasteiger partial charge is 0.262 e. The average Bonchev–Trinajstić information content (AvgIpc) is 2.82. The van der Waals surface area contributed by atoms with Gasteiger partial charge in [-0.25, -0.2) is 0 Å². The van der Waals surface area contributed by atoms with Crippen LogP contribution in [0.4, 0.5) is 5.69 Å². The molecule has 174 valence electrons. The first-order valence-corrected chi connectivity index (χ1v) is 11.2. The number of nitrogens with one attached hydrogen (secondary N) is 1. The molecule has 0 atom stereocenters. The fraction of sp³-hybridized carbons (Fsp3) is 0.185. The second-order valence-corrected chi connectivity index (χ2v) is 8.59. The van der Waals surface area contributed by atoms with Crippen molar-refractivity contribution in [2.24, 2.45) is 0 Å². The molecule has 0 radical (unpaired) electrons. The minimum absolute atomic E-state index is 0.102. The Kier molecular flexibility index (Phi) is 6.89. The molecule has 34 heavy (non-hydrogen) atoms. The minimum atomic E-state index is -0.339. The van der Waals surface area contributed by atoms with E-state index in [9.17, 15) is 9.59 Å². The molecule has 0 saturated carbocycles. The molecule has 1 N–H and O–H groups in total. The van der Waals surface area contributed by atoms with Crippen LogP contribution in [0.25, 0.3) is 11.0 Å². The maximum absolute atomic E-state index is 12.9. The molecule has 1 heterocycles. The molecule has 7 heteroatoms. The molecule has 0 fully saturated rings. The second kappa shape index (κ2) is 10.0. The molecule has 0 spiro atoms. The van der Waals surface area contributed by atoms with Crippen molar-refractivity contribution in [2.45, 2.75) is 26.7 Å². The molecule has 0 aliphatic carbocycles. The molecule has 4 aromatic rings. The fourth-order valence-electron chi connectivity index (χ4n) is 3.44. The van der Waals surface area contributed by atoms with E-state index < -0.39 is 0 Å². The van der Waals surface area contributed by atoms with Crippen molar-refractivity contribution in [3.8, 4) is 17.2 Å². The molecule has 0 saturated heterocycles. The van der Waals surface area contributed by atoms with E-state index in [0.717, 1.165) is 11.1 Å². The zero-order valence-electron chi connectivity index (χ0n) is 19.1. The number of hydrogen-bond donors (Lipinski definition) is 1. The largest absolute Gasteiger partial charge is 0.484 e. The van der Waals surface area contributed by atoms with Crippen LogP contribution in [-0.2, 0) is 4.79 Å². The first-order valence-electron chi connectivity index (χ1n) is 10.8. The van der Waals surface area contributed by atoms with Crippen molar-refractivity contribution in [1.82, 2.24) is 0 Å². The highest BCUT2D eigenvalue weighted by atomic mass is 35.5. The normalized spacial score (nSPS) is 11.0. The number of fused-ring (bicyclic) bond motifs is 1. The molecule has 0 bridgehead atoms. The molecule has 1 aromatic heterocycles. The second-order valence-electron chi connectivity index (χ2n) is 8.18. The number of hydrogen-bond acceptors (Lipinski definition) is 5. The number of anilines is 1. The van der Waals surface area contributed by atoms with Crippen molar-refractivity contribution >= 4 is 34.2 Å². The Morgan fingerprint density at radius 3 is 2.62 bits per heavy atom. The molecule has 6 nitrogen and oxygen atoms in total. The minimum Gasteiger partial charge on any atom is -0.484 e. The number of halogens is 1. The van der Waals surface area contributed by atoms with E-state index >= 15 is 0 Å². The van der Waals surface area contributed by atoms with Crippen molar-refractivity contribution in [3.05, 3.63) is 93.3 Å². The van der Waals surface area contributed by atoms with Crippen LogP contribution in [0.3, 0.4) is 0 Å². The Labute approximate surface area is 202 Å². The van der Waals surface area contributed by atoms with Crippen LogP contribution in [0.5, 0.6) is 17.2 Å². The van der Waals surface area contributed by atoms with E-state index in [-0.39, 0.29) is 29.6 Å². The molecular weight excluding hydrogens is 454 g/mol. The summed E-state index contributed by atoms with van der Waals surface area (Å²) in [7, 11) is 0. The molecule has 0 aliphatic rings. The Morgan fingerprint density at radius 2 is 1.85 bits per heavy atom. The highest BCUT2D eigenvalue weighted by molar-refractivity contribution is 6.31. The molecule has 1 amide bonds. The zero-order valence-corrected chi connectivity index (χ0v) is 19.8. The number of amides is 1. The number of aryl methyl sites for hydroxylation is 1. The lowest BCUT2D eigenvalue weighted by Crippen LogP contribution is -2.20. The quantitative estimate of drug-likeness (QED) is 0.321. The van der Waals surface area contributed by atoms with E-state index in [1.165, 1.54) is 6.26 Å². The van der Waals surface area contributed by atoms with Gasteiger partial charge >= 0.3 is 0 Å². The molecule has 0 unspecified atom stereocenters. The standard InChI is InChI=1S/C27H24ClNO5/c1-16(2)20-6-4-5-7-23(20)34-25-14-33-24-13-19(10-11-21(24)27(25)31)32-15-26(30)29-18-9-8-17(3)22(28)12-18/h4-14,16H,15H2,1-3H3,(H,29,30). The Hall–Kier alpha value is -3.77. The van der Waals surface area contributed by atoms with E-state index in [2.05, 4.69) is 19.2 Å². The lowest BCUT2D eigenvalue weighted by molar-refractivity contribution is -0.118. The van der Waals surface area contributed by atoms with Gasteiger partial charge in [-0.2, -0.15) is 0 Å². The maximum atomic E-state index is 12.9. The Morgan fingerprint density at radius 1 is 1.06 bits per heavy atom. The number of carbonyl (C=O) groups is 1. The predicted octanol–water partition coefficient (Wildman–Crippen LogP) is 6.69. The molecular formula is C27H24ClNO5. The lowest BCUT2D eigenvalue weighted by atomic mass is 10.0. The van der Waals surface area contributed by atoms with E-state index in [0.29, 0.717) is 33.2 Å². The number of benzene rings is 3. The van der Waals surface area contributed by atoms with Gasteiger partial charge in [-0.05, 0) is 54.3 Å². The third kappa shape index (κ3) is 5.24. The van der Waals surface area contributed by atoms with Crippen molar-refractivity contribution < 1.29 is 18.7 Å². The summed E-state index contributed by atoms with van der Waals surface area (Å²) in [6, 6.07) is 17.6. The summed E-state index contributed by atoms with van der Waals surface area (Å²) in [5.41, 5.74) is 2.54. The van der Waals surface area contributed by atoms with Gasteiger partial charge in [0.25, 0.3) is 5.91 Å². The fourth-order valence-corrected chi connectivity index (χ4v) is 3.62. The topological polar surface area (TPSA) is 77.8 Å². The van der Waals surface area contributed by atoms with Crippen LogP contribution in [-0.4, -0.2) is 12.5 Å². The van der Waals surface area contributed by atoms with Crippen LogP contribution in [0.1, 0.15) is 30.9 Å². The maximum Gasteiger partial charge on any atom is 0.262 e. The van der Waals surface area contributed by atoms with Gasteiger partial charge in [-0.3, -0.25) is 9.59 Å². The van der Waals surface area contributed by atoms with Gasteiger partial charge in [0.1, 0.15) is 23.3 Å². The summed E-state index contributed by atoms with van der Waals surface area (Å²) in [6.45, 7) is 5.79. The Balaban J connectivity index is 1.47. The highest BCUT2D eigenvalue weighted by Gasteiger charge is 2.14. The SMILES string of the molecule is Cc1ccc(NC(=O)COc2ccc3c(=O)c(Oc4ccccc4C(C)C)coc3c2)cc1Cl. The average molecular weight is 478 g/mol. The van der Waals surface area contributed by atoms with Crippen LogP contribution >= 0.6 is 11.6 Å². The van der Waals surface area contributed by atoms with E-state index in [1.807, 2.05) is 37.3 Å². The van der Waals surface area contributed by atoms with Gasteiger partial charge in [-0.1, -0.05) is 49.7 Å². The summed E-state index contributed by atoms with van der Waals surface area (Å²) in [5, 5.41) is 3.65. The number of para-hydroxylation sites is 1. The monoisotopic (exact) mass is 477 g/mol. The molecule has 3 aromatic carbocycles. The number of ether oxygens (including phenoxy) is 2. The third-order valence-electron chi connectivity index (χ3n) is 5.30. The van der Waals surface area contributed by atoms with E-state index in [4.69, 9.17) is 25.5 Å². The van der Waals surface area contributed by atoms with Gasteiger partial charge in [-0.15, -0.1) is 0 Å². The summed E-state index contributed by atoms with van der Waals surface area (Å²) < 4.78 is 17.1. The van der Waals surface area contributed by atoms with E-state index in [1.54, 1.807) is 30.3 Å². The first-order chi connectivity index (χ1) is 16.3. The van der Waals surface area contributed by atoms with Crippen LogP contribution < -0.4 is 20.2 Å². The summed E-state index contributed by atoms with van der Waals surface area (Å²) in [4.78, 5) is 25.2. The highest BCUT2D eigenvalue weighted by Crippen LogP contribution is 2.30. The number of carbonyl (C=O) groups excluding carboxylic acids is 1. The zero-order chi connectivity index (χ0) is 24.2.